The van der Waals surface area contributed by atoms with Crippen LogP contribution in [0.5, 0.6) is 0 Å². The van der Waals surface area contributed by atoms with E-state index in [0.717, 1.165) is 11.1 Å². The second kappa shape index (κ2) is 7.91. The molecule has 0 spiro atoms. The third-order valence-corrected chi connectivity index (χ3v) is 4.18. The van der Waals surface area contributed by atoms with Crippen molar-refractivity contribution in [1.29, 1.82) is 0 Å². The second-order valence-electron chi connectivity index (χ2n) is 6.07. The van der Waals surface area contributed by atoms with Crippen molar-refractivity contribution in [2.24, 2.45) is 7.05 Å². The maximum atomic E-state index is 13.2. The number of carbonyl (C=O) groups is 1. The van der Waals surface area contributed by atoms with Crippen LogP contribution >= 0.6 is 0 Å². The summed E-state index contributed by atoms with van der Waals surface area (Å²) in [4.78, 5) is 16.8. The highest BCUT2D eigenvalue weighted by atomic mass is 19.1. The summed E-state index contributed by atoms with van der Waals surface area (Å²) in [6, 6.07) is 11.6. The van der Waals surface area contributed by atoms with Gasteiger partial charge in [0.05, 0.1) is 0 Å². The van der Waals surface area contributed by atoms with Crippen molar-refractivity contribution in [3.63, 3.8) is 0 Å². The van der Waals surface area contributed by atoms with E-state index < -0.39 is 6.04 Å². The Morgan fingerprint density at radius 3 is 2.27 bits per heavy atom. The number of hydrogen-bond acceptors (Lipinski definition) is 2. The Morgan fingerprint density at radius 1 is 1.08 bits per heavy atom. The Bertz CT molecular complexity index is 873. The lowest BCUT2D eigenvalue weighted by molar-refractivity contribution is -0.121. The zero-order valence-electron chi connectivity index (χ0n) is 14.3. The zero-order valence-corrected chi connectivity index (χ0v) is 14.3. The van der Waals surface area contributed by atoms with Crippen molar-refractivity contribution in [3.8, 4) is 0 Å². The van der Waals surface area contributed by atoms with Gasteiger partial charge in [-0.3, -0.25) is 4.79 Å². The van der Waals surface area contributed by atoms with Crippen LogP contribution in [0.3, 0.4) is 0 Å². The first-order valence-corrected chi connectivity index (χ1v) is 8.29. The number of aromatic nitrogens is 2. The molecule has 0 fully saturated rings. The van der Waals surface area contributed by atoms with Crippen LogP contribution in [0.15, 0.2) is 60.9 Å². The van der Waals surface area contributed by atoms with E-state index in [2.05, 4.69) is 10.3 Å². The van der Waals surface area contributed by atoms with Crippen LogP contribution in [0.4, 0.5) is 8.78 Å². The molecule has 2 aromatic carbocycles. The van der Waals surface area contributed by atoms with E-state index in [0.29, 0.717) is 12.2 Å². The maximum absolute atomic E-state index is 13.2. The highest BCUT2D eigenvalue weighted by Gasteiger charge is 2.20. The standard InChI is InChI=1S/C20H19F2N3O/c1-25-13-12-23-20(25)19(15-5-9-17(22)10-6-15)24-18(26)11-4-14-2-7-16(21)8-3-14/h2-3,5-10,12-13,19H,4,11H2,1H3,(H,24,26). The fourth-order valence-electron chi connectivity index (χ4n) is 2.75. The van der Waals surface area contributed by atoms with Crippen molar-refractivity contribution in [2.45, 2.75) is 18.9 Å². The Morgan fingerprint density at radius 2 is 1.69 bits per heavy atom. The topological polar surface area (TPSA) is 46.9 Å². The molecule has 0 bridgehead atoms. The largest absolute Gasteiger partial charge is 0.342 e. The number of carbonyl (C=O) groups excluding carboxylic acids is 1. The summed E-state index contributed by atoms with van der Waals surface area (Å²) in [5, 5.41) is 2.96. The molecule has 1 atom stereocenters. The fraction of sp³-hybridized carbons (Fsp3) is 0.200. The van der Waals surface area contributed by atoms with E-state index in [1.807, 2.05) is 11.6 Å². The summed E-state index contributed by atoms with van der Waals surface area (Å²) in [7, 11) is 1.84. The predicted octanol–water partition coefficient (Wildman–Crippen LogP) is 3.54. The van der Waals surface area contributed by atoms with E-state index in [1.165, 1.54) is 24.3 Å². The number of hydrogen-bond donors (Lipinski definition) is 1. The highest BCUT2D eigenvalue weighted by Crippen LogP contribution is 2.21. The van der Waals surface area contributed by atoms with E-state index in [-0.39, 0.29) is 24.0 Å². The molecule has 6 heteroatoms. The lowest BCUT2D eigenvalue weighted by atomic mass is 10.0. The first-order valence-electron chi connectivity index (χ1n) is 8.29. The minimum absolute atomic E-state index is 0.161. The summed E-state index contributed by atoms with van der Waals surface area (Å²) in [5.41, 5.74) is 1.63. The van der Waals surface area contributed by atoms with Crippen LogP contribution in [-0.2, 0) is 18.3 Å². The summed E-state index contributed by atoms with van der Waals surface area (Å²) < 4.78 is 28.0. The number of imidazole rings is 1. The average molecular weight is 355 g/mol. The molecule has 1 N–H and O–H groups in total. The summed E-state index contributed by atoms with van der Waals surface area (Å²) >= 11 is 0. The maximum Gasteiger partial charge on any atom is 0.221 e. The van der Waals surface area contributed by atoms with Crippen molar-refractivity contribution >= 4 is 5.91 Å². The number of amides is 1. The molecule has 3 rings (SSSR count). The SMILES string of the molecule is Cn1ccnc1C(NC(=O)CCc1ccc(F)cc1)c1ccc(F)cc1. The number of aryl methyl sites for hydroxylation is 2. The quantitative estimate of drug-likeness (QED) is 0.735. The molecule has 1 amide bonds. The van der Waals surface area contributed by atoms with Gasteiger partial charge in [-0.2, -0.15) is 0 Å². The summed E-state index contributed by atoms with van der Waals surface area (Å²) in [6.45, 7) is 0. The number of nitrogens with one attached hydrogen (secondary N) is 1. The number of halogens is 2. The molecule has 0 saturated heterocycles. The highest BCUT2D eigenvalue weighted by molar-refractivity contribution is 5.77. The molecular formula is C20H19F2N3O. The molecule has 0 radical (unpaired) electrons. The molecule has 1 aromatic heterocycles. The van der Waals surface area contributed by atoms with Crippen LogP contribution in [-0.4, -0.2) is 15.5 Å². The Labute approximate surface area is 150 Å². The predicted molar refractivity (Wildman–Crippen MR) is 94.3 cm³/mol. The van der Waals surface area contributed by atoms with Crippen LogP contribution in [0, 0.1) is 11.6 Å². The van der Waals surface area contributed by atoms with Crippen molar-refractivity contribution < 1.29 is 13.6 Å². The third-order valence-electron chi connectivity index (χ3n) is 4.18. The van der Waals surface area contributed by atoms with E-state index in [9.17, 15) is 13.6 Å². The molecule has 0 aliphatic rings. The van der Waals surface area contributed by atoms with Crippen LogP contribution in [0.1, 0.15) is 29.4 Å². The van der Waals surface area contributed by atoms with Gasteiger partial charge >= 0.3 is 0 Å². The lowest BCUT2D eigenvalue weighted by Crippen LogP contribution is -2.31. The number of benzene rings is 2. The lowest BCUT2D eigenvalue weighted by Gasteiger charge is -2.19. The van der Waals surface area contributed by atoms with Crippen LogP contribution in [0.25, 0.3) is 0 Å². The van der Waals surface area contributed by atoms with Gasteiger partial charge < -0.3 is 9.88 Å². The first-order chi connectivity index (χ1) is 12.5. The summed E-state index contributed by atoms with van der Waals surface area (Å²) in [6.07, 6.45) is 4.20. The monoisotopic (exact) mass is 355 g/mol. The second-order valence-corrected chi connectivity index (χ2v) is 6.07. The normalized spacial score (nSPS) is 12.0. The van der Waals surface area contributed by atoms with E-state index in [1.54, 1.807) is 36.7 Å². The molecule has 3 aromatic rings. The smallest absolute Gasteiger partial charge is 0.221 e. The van der Waals surface area contributed by atoms with Gasteiger partial charge in [-0.1, -0.05) is 24.3 Å². The molecule has 0 aliphatic carbocycles. The minimum Gasteiger partial charge on any atom is -0.342 e. The van der Waals surface area contributed by atoms with Crippen molar-refractivity contribution in [2.75, 3.05) is 0 Å². The van der Waals surface area contributed by atoms with Gasteiger partial charge in [0.1, 0.15) is 23.5 Å². The minimum atomic E-state index is -0.476. The van der Waals surface area contributed by atoms with Gasteiger partial charge in [-0.15, -0.1) is 0 Å². The molecular weight excluding hydrogens is 336 g/mol. The van der Waals surface area contributed by atoms with Gasteiger partial charge in [0.25, 0.3) is 0 Å². The average Bonchev–Trinajstić information content (AvgIpc) is 3.06. The zero-order chi connectivity index (χ0) is 18.5. The number of rotatable bonds is 6. The van der Waals surface area contributed by atoms with Gasteiger partial charge in [0.2, 0.25) is 5.91 Å². The molecule has 134 valence electrons. The molecule has 1 heterocycles. The Balaban J connectivity index is 1.73. The first kappa shape index (κ1) is 17.8. The van der Waals surface area contributed by atoms with E-state index >= 15 is 0 Å². The Hall–Kier alpha value is -3.02. The molecule has 4 nitrogen and oxygen atoms in total. The van der Waals surface area contributed by atoms with Gasteiger partial charge in [-0.05, 0) is 41.8 Å². The van der Waals surface area contributed by atoms with Crippen LogP contribution in [0.2, 0.25) is 0 Å². The number of nitrogens with zero attached hydrogens (tertiary/aromatic N) is 2. The van der Waals surface area contributed by atoms with Gasteiger partial charge in [-0.25, -0.2) is 13.8 Å². The molecule has 0 saturated carbocycles. The van der Waals surface area contributed by atoms with Gasteiger partial charge in [0, 0.05) is 25.9 Å². The van der Waals surface area contributed by atoms with Crippen LogP contribution < -0.4 is 5.32 Å². The third kappa shape index (κ3) is 4.33. The van der Waals surface area contributed by atoms with E-state index in [4.69, 9.17) is 0 Å². The fourth-order valence-corrected chi connectivity index (χ4v) is 2.75. The van der Waals surface area contributed by atoms with Gasteiger partial charge in [0.15, 0.2) is 0 Å². The Kier molecular flexibility index (Phi) is 5.41. The summed E-state index contributed by atoms with van der Waals surface area (Å²) in [5.74, 6) is -0.141. The van der Waals surface area contributed by atoms with Crippen molar-refractivity contribution in [1.82, 2.24) is 14.9 Å². The molecule has 1 unspecified atom stereocenters. The molecule has 26 heavy (non-hydrogen) atoms. The molecule has 0 aliphatic heterocycles. The van der Waals surface area contributed by atoms with Crippen molar-refractivity contribution in [3.05, 3.63) is 89.5 Å².